The van der Waals surface area contributed by atoms with E-state index in [1.165, 1.54) is 6.07 Å². The van der Waals surface area contributed by atoms with Crippen LogP contribution in [0.4, 0.5) is 11.4 Å². The van der Waals surface area contributed by atoms with Crippen LogP contribution in [-0.4, -0.2) is 33.5 Å². The molecule has 10 heteroatoms. The van der Waals surface area contributed by atoms with Crippen molar-refractivity contribution in [2.45, 2.75) is 23.6 Å². The molecule has 0 heterocycles. The Labute approximate surface area is 118 Å². The Kier molecular flexibility index (Phi) is 5.22. The molecule has 2 unspecified atom stereocenters. The van der Waals surface area contributed by atoms with E-state index in [2.05, 4.69) is 0 Å². The minimum absolute atomic E-state index is 0.112. The van der Waals surface area contributed by atoms with Crippen molar-refractivity contribution in [3.63, 3.8) is 0 Å². The molecular formula is C10H13N2O6S2-. The van der Waals surface area contributed by atoms with Crippen molar-refractivity contribution >= 4 is 39.0 Å². The third-order valence-electron chi connectivity index (χ3n) is 2.56. The van der Waals surface area contributed by atoms with E-state index < -0.39 is 31.5 Å². The predicted molar refractivity (Wildman–Crippen MR) is 72.2 cm³/mol. The number of amides is 1. The Morgan fingerprint density at radius 2 is 2.15 bits per heavy atom. The number of carbonyl (C=O) groups is 1. The lowest BCUT2D eigenvalue weighted by molar-refractivity contribution is -0.107. The van der Waals surface area contributed by atoms with E-state index in [1.807, 2.05) is 0 Å². The van der Waals surface area contributed by atoms with Crippen molar-refractivity contribution in [3.8, 4) is 0 Å². The van der Waals surface area contributed by atoms with Gasteiger partial charge in [0.1, 0.15) is 4.90 Å². The summed E-state index contributed by atoms with van der Waals surface area (Å²) in [6, 6.07) is 3.29. The molecule has 1 amide bonds. The van der Waals surface area contributed by atoms with Crippen LogP contribution in [-0.2, 0) is 26.0 Å². The SMILES string of the molecule is CCC(N(C=O)c1ccc(S(=O)(=O)O)c(N)c1)S(=O)[O-]. The lowest BCUT2D eigenvalue weighted by atomic mass is 10.2. The van der Waals surface area contributed by atoms with Crippen LogP contribution in [0.15, 0.2) is 23.1 Å². The van der Waals surface area contributed by atoms with Gasteiger partial charge in [0.05, 0.1) is 11.1 Å². The molecule has 0 radical (unpaired) electrons. The van der Waals surface area contributed by atoms with E-state index in [0.717, 1.165) is 17.0 Å². The summed E-state index contributed by atoms with van der Waals surface area (Å²) < 4.78 is 53.0. The summed E-state index contributed by atoms with van der Waals surface area (Å²) in [7, 11) is -4.48. The molecule has 0 aliphatic rings. The number of nitrogens with two attached hydrogens (primary N) is 1. The highest BCUT2D eigenvalue weighted by atomic mass is 32.2. The monoisotopic (exact) mass is 321 g/mol. The summed E-state index contributed by atoms with van der Waals surface area (Å²) in [4.78, 5) is 11.4. The topological polar surface area (TPSA) is 141 Å². The van der Waals surface area contributed by atoms with Crippen molar-refractivity contribution in [1.29, 1.82) is 0 Å². The molecule has 20 heavy (non-hydrogen) atoms. The first kappa shape index (κ1) is 16.6. The Hall–Kier alpha value is -1.49. The number of anilines is 2. The molecule has 112 valence electrons. The summed E-state index contributed by atoms with van der Waals surface area (Å²) in [5.74, 6) is 0. The number of rotatable bonds is 6. The molecule has 0 spiro atoms. The molecule has 0 saturated heterocycles. The molecule has 0 aliphatic heterocycles. The van der Waals surface area contributed by atoms with Crippen LogP contribution in [0.1, 0.15) is 13.3 Å². The fourth-order valence-electron chi connectivity index (χ4n) is 1.65. The van der Waals surface area contributed by atoms with E-state index >= 15 is 0 Å². The van der Waals surface area contributed by atoms with Crippen molar-refractivity contribution in [2.75, 3.05) is 10.6 Å². The van der Waals surface area contributed by atoms with E-state index in [0.29, 0.717) is 6.41 Å². The summed E-state index contributed by atoms with van der Waals surface area (Å²) >= 11 is -2.53. The van der Waals surface area contributed by atoms with Gasteiger partial charge in [0.15, 0.2) is 0 Å². The largest absolute Gasteiger partial charge is 0.771 e. The zero-order valence-corrected chi connectivity index (χ0v) is 12.1. The maximum absolute atomic E-state index is 11.0. The standard InChI is InChI=1S/C10H14N2O6S2/c1-2-10(19(14)15)12(6-13)7-3-4-9(8(11)5-7)20(16,17)18/h3-6,10H,2,11H2,1H3,(H,14,15)(H,16,17,18)/p-1. The average Bonchev–Trinajstić information content (AvgIpc) is 2.33. The molecule has 1 aromatic rings. The van der Waals surface area contributed by atoms with Crippen LogP contribution in [0.5, 0.6) is 0 Å². The van der Waals surface area contributed by atoms with Gasteiger partial charge in [0, 0.05) is 5.69 Å². The maximum atomic E-state index is 11.0. The molecule has 0 aliphatic carbocycles. The van der Waals surface area contributed by atoms with Gasteiger partial charge in [-0.05, 0) is 35.7 Å². The van der Waals surface area contributed by atoms with Crippen molar-refractivity contribution < 1.29 is 26.5 Å². The van der Waals surface area contributed by atoms with Gasteiger partial charge < -0.3 is 15.2 Å². The normalized spacial score (nSPS) is 14.6. The Morgan fingerprint density at radius 1 is 1.55 bits per heavy atom. The summed E-state index contributed by atoms with van der Waals surface area (Å²) in [6.45, 7) is 1.58. The van der Waals surface area contributed by atoms with Crippen LogP contribution >= 0.6 is 0 Å². The van der Waals surface area contributed by atoms with Crippen LogP contribution in [0.2, 0.25) is 0 Å². The summed E-state index contributed by atoms with van der Waals surface area (Å²) in [5.41, 5.74) is 5.31. The minimum atomic E-state index is -4.48. The number of benzene rings is 1. The first-order valence-corrected chi connectivity index (χ1v) is 7.98. The van der Waals surface area contributed by atoms with Gasteiger partial charge in [-0.3, -0.25) is 13.6 Å². The average molecular weight is 321 g/mol. The minimum Gasteiger partial charge on any atom is -0.771 e. The number of hydrogen-bond acceptors (Lipinski definition) is 6. The van der Waals surface area contributed by atoms with Gasteiger partial charge in [-0.15, -0.1) is 0 Å². The van der Waals surface area contributed by atoms with Crippen LogP contribution in [0.25, 0.3) is 0 Å². The van der Waals surface area contributed by atoms with E-state index in [9.17, 15) is 22.0 Å². The van der Waals surface area contributed by atoms with Gasteiger partial charge in [0.2, 0.25) is 6.41 Å². The van der Waals surface area contributed by atoms with Gasteiger partial charge in [-0.1, -0.05) is 6.92 Å². The van der Waals surface area contributed by atoms with Crippen LogP contribution in [0.3, 0.4) is 0 Å². The molecule has 0 fully saturated rings. The molecule has 1 rings (SSSR count). The summed E-state index contributed by atoms with van der Waals surface area (Å²) in [5, 5.41) is -1.09. The molecule has 1 aromatic carbocycles. The zero-order chi connectivity index (χ0) is 15.5. The molecule has 3 N–H and O–H groups in total. The fraction of sp³-hybridized carbons (Fsp3) is 0.300. The Bertz CT molecular complexity index is 631. The Morgan fingerprint density at radius 3 is 2.50 bits per heavy atom. The lowest BCUT2D eigenvalue weighted by Gasteiger charge is -2.29. The van der Waals surface area contributed by atoms with E-state index in [1.54, 1.807) is 6.92 Å². The predicted octanol–water partition coefficient (Wildman–Crippen LogP) is 0.0935. The summed E-state index contributed by atoms with van der Waals surface area (Å²) in [6.07, 6.45) is 0.459. The van der Waals surface area contributed by atoms with Crippen LogP contribution in [0, 0.1) is 0 Å². The maximum Gasteiger partial charge on any atom is 0.296 e. The first-order chi connectivity index (χ1) is 9.22. The smallest absolute Gasteiger partial charge is 0.296 e. The second kappa shape index (κ2) is 6.31. The van der Waals surface area contributed by atoms with Crippen molar-refractivity contribution in [2.24, 2.45) is 0 Å². The van der Waals surface area contributed by atoms with Gasteiger partial charge in [-0.25, -0.2) is 0 Å². The molecule has 0 bridgehead atoms. The van der Waals surface area contributed by atoms with Crippen molar-refractivity contribution in [3.05, 3.63) is 18.2 Å². The number of hydrogen-bond donors (Lipinski definition) is 2. The number of nitrogens with zero attached hydrogens (tertiary/aromatic N) is 1. The third-order valence-corrected chi connectivity index (χ3v) is 4.50. The van der Waals surface area contributed by atoms with Crippen LogP contribution < -0.4 is 10.6 Å². The number of carbonyl (C=O) groups excluding carboxylic acids is 1. The third kappa shape index (κ3) is 3.54. The second-order valence-electron chi connectivity index (χ2n) is 3.83. The highest BCUT2D eigenvalue weighted by Gasteiger charge is 2.20. The second-order valence-corrected chi connectivity index (χ2v) is 6.29. The van der Waals surface area contributed by atoms with Gasteiger partial charge >= 0.3 is 0 Å². The Balaban J connectivity index is 3.29. The zero-order valence-electron chi connectivity index (χ0n) is 10.4. The lowest BCUT2D eigenvalue weighted by Crippen LogP contribution is -2.37. The molecule has 0 aromatic heterocycles. The van der Waals surface area contributed by atoms with E-state index in [4.69, 9.17) is 10.3 Å². The molecular weight excluding hydrogens is 308 g/mol. The first-order valence-electron chi connectivity index (χ1n) is 5.41. The molecule has 0 saturated carbocycles. The number of nitrogen functional groups attached to an aromatic ring is 1. The van der Waals surface area contributed by atoms with Crippen molar-refractivity contribution in [1.82, 2.24) is 0 Å². The highest BCUT2D eigenvalue weighted by molar-refractivity contribution is 7.86. The van der Waals surface area contributed by atoms with E-state index in [-0.39, 0.29) is 17.8 Å². The van der Waals surface area contributed by atoms with Gasteiger partial charge in [-0.2, -0.15) is 8.42 Å². The molecule has 8 nitrogen and oxygen atoms in total. The quantitative estimate of drug-likeness (QED) is 0.327. The van der Waals surface area contributed by atoms with Gasteiger partial charge in [0.25, 0.3) is 10.1 Å². The molecule has 2 atom stereocenters. The fourth-order valence-corrected chi connectivity index (χ4v) is 2.88. The highest BCUT2D eigenvalue weighted by Crippen LogP contribution is 2.26.